The van der Waals surface area contributed by atoms with Crippen molar-refractivity contribution in [1.82, 2.24) is 4.90 Å². The van der Waals surface area contributed by atoms with Crippen molar-refractivity contribution in [2.45, 2.75) is 25.6 Å². The van der Waals surface area contributed by atoms with Crippen molar-refractivity contribution in [2.24, 2.45) is 5.14 Å². The Morgan fingerprint density at radius 2 is 1.93 bits per heavy atom. The Balaban J connectivity index is 2.49. The Morgan fingerprint density at radius 3 is 2.41 bits per heavy atom. The first-order valence-electron chi connectivity index (χ1n) is 7.45. The molecule has 2 N–H and O–H groups in total. The van der Waals surface area contributed by atoms with Crippen molar-refractivity contribution in [2.75, 3.05) is 17.2 Å². The number of anilines is 1. The lowest BCUT2D eigenvalue weighted by molar-refractivity contribution is -0.136. The molecule has 1 aliphatic heterocycles. The number of rotatable bonds is 4. The molecule has 1 aliphatic rings. The van der Waals surface area contributed by atoms with Gasteiger partial charge in [0, 0.05) is 12.2 Å². The molecule has 27 heavy (non-hydrogen) atoms. The van der Waals surface area contributed by atoms with E-state index < -0.39 is 44.6 Å². The van der Waals surface area contributed by atoms with Gasteiger partial charge in [-0.3, -0.25) is 9.69 Å². The number of carbonyl (C=O) groups is 1. The molecule has 0 aromatic heterocycles. The predicted octanol–water partition coefficient (Wildman–Crippen LogP) is 2.26. The van der Waals surface area contributed by atoms with Crippen LogP contribution in [0.2, 0.25) is 0 Å². The zero-order valence-electron chi connectivity index (χ0n) is 14.2. The molecule has 1 amide bonds. The second-order valence-electron chi connectivity index (χ2n) is 6.31. The molecule has 0 atom stereocenters. The Kier molecular flexibility index (Phi) is 5.26. The summed E-state index contributed by atoms with van der Waals surface area (Å²) in [5, 5.41) is 4.84. The van der Waals surface area contributed by atoms with Gasteiger partial charge in [-0.1, -0.05) is 6.07 Å². The normalized spacial score (nSPS) is 17.4. The van der Waals surface area contributed by atoms with E-state index in [9.17, 15) is 26.4 Å². The van der Waals surface area contributed by atoms with Crippen LogP contribution in [-0.4, -0.2) is 42.2 Å². The van der Waals surface area contributed by atoms with Gasteiger partial charge in [-0.05, 0) is 38.2 Å². The van der Waals surface area contributed by atoms with Crippen LogP contribution in [0, 0.1) is 6.57 Å². The highest BCUT2D eigenvalue weighted by Gasteiger charge is 2.49. The van der Waals surface area contributed by atoms with Crippen molar-refractivity contribution >= 4 is 44.6 Å². The predicted molar refractivity (Wildman–Crippen MR) is 96.5 cm³/mol. The van der Waals surface area contributed by atoms with E-state index in [1.807, 2.05) is 0 Å². The topological polar surface area (TPSA) is 88.1 Å². The number of thiocarbonyl (C=S) groups is 1. The van der Waals surface area contributed by atoms with Crippen LogP contribution in [0.5, 0.6) is 0 Å². The van der Waals surface area contributed by atoms with Crippen LogP contribution in [-0.2, 0) is 21.0 Å². The molecule has 1 heterocycles. The fraction of sp³-hybridized carbons (Fsp3) is 0.400. The fourth-order valence-corrected chi connectivity index (χ4v) is 3.59. The van der Waals surface area contributed by atoms with Gasteiger partial charge >= 0.3 is 6.18 Å². The number of benzene rings is 1. The fourth-order valence-electron chi connectivity index (χ4n) is 2.64. The monoisotopic (exact) mass is 420 g/mol. The maximum atomic E-state index is 13.2. The van der Waals surface area contributed by atoms with Gasteiger partial charge in [0.25, 0.3) is 5.91 Å². The van der Waals surface area contributed by atoms with Gasteiger partial charge in [-0.25, -0.2) is 18.4 Å². The van der Waals surface area contributed by atoms with Crippen molar-refractivity contribution in [3.8, 4) is 0 Å². The van der Waals surface area contributed by atoms with Gasteiger partial charge in [0.1, 0.15) is 5.54 Å². The summed E-state index contributed by atoms with van der Waals surface area (Å²) in [6.07, 6.45) is -4.79. The molecule has 0 spiro atoms. The average Bonchev–Trinajstić information content (AvgIpc) is 2.69. The van der Waals surface area contributed by atoms with Crippen LogP contribution in [0.25, 0.3) is 4.85 Å². The maximum Gasteiger partial charge on any atom is 0.407 e. The summed E-state index contributed by atoms with van der Waals surface area (Å²) in [6, 6.07) is 2.82. The van der Waals surface area contributed by atoms with Gasteiger partial charge in [-0.15, -0.1) is 0 Å². The molecule has 1 fully saturated rings. The third-order valence-corrected chi connectivity index (χ3v) is 5.24. The molecule has 1 aromatic carbocycles. The highest BCUT2D eigenvalue weighted by molar-refractivity contribution is 7.89. The van der Waals surface area contributed by atoms with E-state index in [2.05, 4.69) is 4.85 Å². The molecule has 1 saturated heterocycles. The van der Waals surface area contributed by atoms with E-state index in [1.54, 1.807) is 0 Å². The summed E-state index contributed by atoms with van der Waals surface area (Å²) >= 11 is 5.21. The average molecular weight is 420 g/mol. The van der Waals surface area contributed by atoms with E-state index in [0.717, 1.165) is 11.0 Å². The Hall–Kier alpha value is -2.23. The number of nitrogens with zero attached hydrogens (tertiary/aromatic N) is 3. The zero-order chi connectivity index (χ0) is 20.8. The van der Waals surface area contributed by atoms with E-state index in [0.29, 0.717) is 6.07 Å². The first-order valence-corrected chi connectivity index (χ1v) is 9.58. The Morgan fingerprint density at radius 1 is 1.33 bits per heavy atom. The van der Waals surface area contributed by atoms with Crippen LogP contribution >= 0.6 is 12.2 Å². The molecule has 1 aromatic rings. The lowest BCUT2D eigenvalue weighted by Gasteiger charge is -2.28. The molecule has 2 rings (SSSR count). The van der Waals surface area contributed by atoms with Crippen LogP contribution in [0.3, 0.4) is 0 Å². The number of nitrogens with two attached hydrogens (primary N) is 1. The molecule has 0 aliphatic carbocycles. The van der Waals surface area contributed by atoms with Crippen molar-refractivity contribution in [1.29, 1.82) is 0 Å². The minimum atomic E-state index is -4.79. The van der Waals surface area contributed by atoms with Gasteiger partial charge in [0.05, 0.1) is 17.9 Å². The highest BCUT2D eigenvalue weighted by Crippen LogP contribution is 2.40. The molecule has 0 radical (unpaired) electrons. The molecule has 12 heteroatoms. The second-order valence-corrected chi connectivity index (χ2v) is 8.41. The first kappa shape index (κ1) is 21.1. The summed E-state index contributed by atoms with van der Waals surface area (Å²) in [5.41, 5.74) is -3.23. The van der Waals surface area contributed by atoms with E-state index in [-0.39, 0.29) is 17.3 Å². The third-order valence-electron chi connectivity index (χ3n) is 4.09. The largest absolute Gasteiger partial charge is 0.407 e. The zero-order valence-corrected chi connectivity index (χ0v) is 15.9. The molecule has 0 saturated carbocycles. The lowest BCUT2D eigenvalue weighted by Crippen LogP contribution is -2.46. The molecule has 0 unspecified atom stereocenters. The summed E-state index contributed by atoms with van der Waals surface area (Å²) in [5.74, 6) is -1.10. The summed E-state index contributed by atoms with van der Waals surface area (Å²) in [4.78, 5) is 17.8. The number of halogens is 3. The maximum absolute atomic E-state index is 13.2. The van der Waals surface area contributed by atoms with Crippen LogP contribution in [0.15, 0.2) is 18.2 Å². The Labute approximate surface area is 159 Å². The molecular weight excluding hydrogens is 405 g/mol. The van der Waals surface area contributed by atoms with Gasteiger partial charge in [0.15, 0.2) is 10.8 Å². The smallest absolute Gasteiger partial charge is 0.333 e. The van der Waals surface area contributed by atoms with E-state index in [4.69, 9.17) is 23.9 Å². The molecule has 146 valence electrons. The SMILES string of the molecule is [C-]#[N+]c1ccc(N2C(=O)C(C)(C)N(CCS(N)(=O)=O)C2=S)cc1C(F)(F)F. The number of hydrogen-bond acceptors (Lipinski definition) is 4. The van der Waals surface area contributed by atoms with Crippen molar-refractivity contribution < 1.29 is 26.4 Å². The summed E-state index contributed by atoms with van der Waals surface area (Å²) in [6.45, 7) is 9.63. The number of hydrogen-bond donors (Lipinski definition) is 1. The molecular formula is C15H15F3N4O3S2. The van der Waals surface area contributed by atoms with Crippen molar-refractivity contribution in [3.63, 3.8) is 0 Å². The summed E-state index contributed by atoms with van der Waals surface area (Å²) < 4.78 is 62.1. The third kappa shape index (κ3) is 4.05. The van der Waals surface area contributed by atoms with E-state index in [1.165, 1.54) is 24.8 Å². The molecule has 0 bridgehead atoms. The number of carbonyl (C=O) groups excluding carboxylic acids is 1. The minimum absolute atomic E-state index is 0.141. The van der Waals surface area contributed by atoms with Crippen molar-refractivity contribution in [3.05, 3.63) is 35.2 Å². The number of primary sulfonamides is 1. The van der Waals surface area contributed by atoms with Crippen LogP contribution < -0.4 is 10.0 Å². The highest BCUT2D eigenvalue weighted by atomic mass is 32.2. The summed E-state index contributed by atoms with van der Waals surface area (Å²) in [7, 11) is -3.83. The quantitative estimate of drug-likeness (QED) is 0.596. The van der Waals surface area contributed by atoms with E-state index >= 15 is 0 Å². The first-order chi connectivity index (χ1) is 12.2. The Bertz CT molecular complexity index is 952. The number of sulfonamides is 1. The second kappa shape index (κ2) is 6.74. The van der Waals surface area contributed by atoms with Gasteiger partial charge < -0.3 is 4.90 Å². The van der Waals surface area contributed by atoms with Gasteiger partial charge in [0.2, 0.25) is 10.0 Å². The molecule has 7 nitrogen and oxygen atoms in total. The lowest BCUT2D eigenvalue weighted by atomic mass is 10.0. The van der Waals surface area contributed by atoms with Crippen LogP contribution in [0.4, 0.5) is 24.5 Å². The minimum Gasteiger partial charge on any atom is -0.333 e. The van der Waals surface area contributed by atoms with Gasteiger partial charge in [-0.2, -0.15) is 13.2 Å². The number of amides is 1. The van der Waals surface area contributed by atoms with Crippen LogP contribution in [0.1, 0.15) is 19.4 Å². The standard InChI is InChI=1S/C15H15F3N4O3S2/c1-14(2)12(23)22(13(26)21(14)6-7-27(19,24)25)9-4-5-11(20-3)10(8-9)15(16,17)18/h4-5,8H,6-7H2,1-2H3,(H2,19,24,25). The number of alkyl halides is 3.